The Morgan fingerprint density at radius 1 is 1.38 bits per heavy atom. The van der Waals surface area contributed by atoms with Gasteiger partial charge in [0, 0.05) is 24.0 Å². The average molecular weight is 285 g/mol. The van der Waals surface area contributed by atoms with Crippen LogP contribution >= 0.6 is 0 Å². The zero-order chi connectivity index (χ0) is 15.0. The number of carbonyl (C=O) groups is 1. The molecule has 3 aromatic heterocycles. The quantitative estimate of drug-likeness (QED) is 0.415. The van der Waals surface area contributed by atoms with Crippen molar-refractivity contribution in [1.29, 1.82) is 0 Å². The Bertz CT molecular complexity index is 817. The standard InChI is InChI=1S/C13H15N7O/c1-3-19-8(2)9(6-16-19)11-4-5-15-12-10(13(21)18-14)7-17-20(11)12/h4-7H,3,14H2,1-2H3,(H,18,21). The fraction of sp³-hybridized carbons (Fsp3) is 0.231. The Morgan fingerprint density at radius 2 is 2.19 bits per heavy atom. The van der Waals surface area contributed by atoms with Crippen LogP contribution in [-0.4, -0.2) is 30.3 Å². The van der Waals surface area contributed by atoms with Crippen molar-refractivity contribution in [3.63, 3.8) is 0 Å². The van der Waals surface area contributed by atoms with Gasteiger partial charge in [0.25, 0.3) is 5.91 Å². The monoisotopic (exact) mass is 285 g/mol. The van der Waals surface area contributed by atoms with Crippen LogP contribution in [0.15, 0.2) is 24.7 Å². The summed E-state index contributed by atoms with van der Waals surface area (Å²) in [6, 6.07) is 1.84. The van der Waals surface area contributed by atoms with Gasteiger partial charge in [-0.25, -0.2) is 15.3 Å². The van der Waals surface area contributed by atoms with Crippen molar-refractivity contribution in [2.45, 2.75) is 20.4 Å². The fourth-order valence-electron chi connectivity index (χ4n) is 2.35. The van der Waals surface area contributed by atoms with Gasteiger partial charge in [-0.15, -0.1) is 0 Å². The van der Waals surface area contributed by atoms with E-state index in [2.05, 4.69) is 20.6 Å². The molecule has 0 aliphatic carbocycles. The zero-order valence-electron chi connectivity index (χ0n) is 11.7. The van der Waals surface area contributed by atoms with Crippen molar-refractivity contribution in [2.75, 3.05) is 0 Å². The van der Waals surface area contributed by atoms with Gasteiger partial charge in [0.1, 0.15) is 5.56 Å². The molecule has 0 aromatic carbocycles. The normalized spacial score (nSPS) is 11.0. The van der Waals surface area contributed by atoms with E-state index in [1.165, 1.54) is 6.20 Å². The molecule has 3 N–H and O–H groups in total. The minimum atomic E-state index is -0.421. The number of hydrogen-bond acceptors (Lipinski definition) is 5. The maximum Gasteiger partial charge on any atom is 0.270 e. The van der Waals surface area contributed by atoms with Crippen LogP contribution in [0.4, 0.5) is 0 Å². The van der Waals surface area contributed by atoms with E-state index >= 15 is 0 Å². The second kappa shape index (κ2) is 4.98. The van der Waals surface area contributed by atoms with E-state index in [0.717, 1.165) is 23.5 Å². The number of hydrazine groups is 1. The third-order valence-electron chi connectivity index (χ3n) is 3.46. The number of nitrogen functional groups attached to an aromatic ring is 1. The van der Waals surface area contributed by atoms with Crippen LogP contribution in [-0.2, 0) is 6.54 Å². The Hall–Kier alpha value is -2.74. The molecule has 0 fully saturated rings. The van der Waals surface area contributed by atoms with Crippen molar-refractivity contribution in [1.82, 2.24) is 29.8 Å². The van der Waals surface area contributed by atoms with E-state index in [1.807, 2.05) is 24.6 Å². The highest BCUT2D eigenvalue weighted by Crippen LogP contribution is 2.24. The van der Waals surface area contributed by atoms with Crippen molar-refractivity contribution in [3.8, 4) is 11.3 Å². The summed E-state index contributed by atoms with van der Waals surface area (Å²) < 4.78 is 3.52. The summed E-state index contributed by atoms with van der Waals surface area (Å²) in [6.45, 7) is 4.82. The van der Waals surface area contributed by atoms with Crippen molar-refractivity contribution < 1.29 is 4.79 Å². The molecular formula is C13H15N7O. The van der Waals surface area contributed by atoms with Crippen LogP contribution in [0.1, 0.15) is 23.0 Å². The van der Waals surface area contributed by atoms with Gasteiger partial charge in [-0.05, 0) is 19.9 Å². The molecule has 0 unspecified atom stereocenters. The van der Waals surface area contributed by atoms with Crippen molar-refractivity contribution in [3.05, 3.63) is 35.9 Å². The van der Waals surface area contributed by atoms with Crippen molar-refractivity contribution >= 4 is 11.6 Å². The van der Waals surface area contributed by atoms with Gasteiger partial charge in [-0.1, -0.05) is 0 Å². The number of fused-ring (bicyclic) bond motifs is 1. The Morgan fingerprint density at radius 3 is 2.86 bits per heavy atom. The number of amides is 1. The minimum Gasteiger partial charge on any atom is -0.290 e. The first kappa shape index (κ1) is 13.3. The molecule has 8 nitrogen and oxygen atoms in total. The van der Waals surface area contributed by atoms with Crippen LogP contribution in [0.5, 0.6) is 0 Å². The molecule has 0 atom stereocenters. The summed E-state index contributed by atoms with van der Waals surface area (Å²) in [6.07, 6.45) is 4.88. The SMILES string of the molecule is CCn1ncc(-c2ccnc3c(C(=O)NN)cnn23)c1C. The average Bonchev–Trinajstić information content (AvgIpc) is 3.09. The highest BCUT2D eigenvalue weighted by atomic mass is 16.2. The summed E-state index contributed by atoms with van der Waals surface area (Å²) >= 11 is 0. The van der Waals surface area contributed by atoms with E-state index in [-0.39, 0.29) is 0 Å². The van der Waals surface area contributed by atoms with E-state index < -0.39 is 5.91 Å². The Balaban J connectivity index is 2.22. The second-order valence-corrected chi connectivity index (χ2v) is 4.56. The lowest BCUT2D eigenvalue weighted by Crippen LogP contribution is -2.29. The number of nitrogens with two attached hydrogens (primary N) is 1. The maximum absolute atomic E-state index is 11.7. The molecule has 21 heavy (non-hydrogen) atoms. The van der Waals surface area contributed by atoms with Crippen LogP contribution in [0, 0.1) is 6.92 Å². The molecule has 3 heterocycles. The highest BCUT2D eigenvalue weighted by molar-refractivity contribution is 5.99. The third kappa shape index (κ3) is 1.96. The molecule has 8 heteroatoms. The van der Waals surface area contributed by atoms with E-state index in [9.17, 15) is 4.79 Å². The summed E-state index contributed by atoms with van der Waals surface area (Å²) in [5.74, 6) is 4.75. The lowest BCUT2D eigenvalue weighted by molar-refractivity contribution is 0.0955. The molecule has 0 bridgehead atoms. The second-order valence-electron chi connectivity index (χ2n) is 4.56. The number of nitrogens with one attached hydrogen (secondary N) is 1. The van der Waals surface area contributed by atoms with Crippen LogP contribution in [0.3, 0.4) is 0 Å². The lowest BCUT2D eigenvalue weighted by atomic mass is 10.2. The lowest BCUT2D eigenvalue weighted by Gasteiger charge is -2.05. The number of aryl methyl sites for hydroxylation is 1. The first-order valence-corrected chi connectivity index (χ1v) is 6.53. The number of carbonyl (C=O) groups excluding carboxylic acids is 1. The number of hydrogen-bond donors (Lipinski definition) is 2. The molecular weight excluding hydrogens is 270 g/mol. The van der Waals surface area contributed by atoms with E-state index in [0.29, 0.717) is 11.2 Å². The van der Waals surface area contributed by atoms with Crippen molar-refractivity contribution in [2.24, 2.45) is 5.84 Å². The Kier molecular flexibility index (Phi) is 3.15. The van der Waals surface area contributed by atoms with Gasteiger partial charge in [0.2, 0.25) is 0 Å². The number of nitrogens with zero attached hydrogens (tertiary/aromatic N) is 5. The summed E-state index contributed by atoms with van der Waals surface area (Å²) in [7, 11) is 0. The maximum atomic E-state index is 11.7. The Labute approximate surface area is 120 Å². The van der Waals surface area contributed by atoms with Gasteiger partial charge in [-0.3, -0.25) is 14.9 Å². The smallest absolute Gasteiger partial charge is 0.270 e. The summed E-state index contributed by atoms with van der Waals surface area (Å²) in [4.78, 5) is 15.9. The summed E-state index contributed by atoms with van der Waals surface area (Å²) in [5, 5.41) is 8.57. The molecule has 1 amide bonds. The number of rotatable bonds is 3. The van der Waals surface area contributed by atoms with Crippen LogP contribution in [0.25, 0.3) is 16.9 Å². The van der Waals surface area contributed by atoms with Crippen LogP contribution < -0.4 is 11.3 Å². The fourth-order valence-corrected chi connectivity index (χ4v) is 2.35. The highest BCUT2D eigenvalue weighted by Gasteiger charge is 2.17. The van der Waals surface area contributed by atoms with Gasteiger partial charge >= 0.3 is 0 Å². The molecule has 0 aliphatic heterocycles. The molecule has 3 aromatic rings. The molecule has 108 valence electrons. The number of aromatic nitrogens is 5. The van der Waals surface area contributed by atoms with E-state index in [1.54, 1.807) is 16.9 Å². The van der Waals surface area contributed by atoms with Gasteiger partial charge in [0.05, 0.1) is 18.1 Å². The molecule has 0 spiro atoms. The first-order chi connectivity index (χ1) is 10.2. The molecule has 3 rings (SSSR count). The first-order valence-electron chi connectivity index (χ1n) is 6.53. The molecule has 0 aliphatic rings. The molecule has 0 radical (unpaired) electrons. The third-order valence-corrected chi connectivity index (χ3v) is 3.46. The largest absolute Gasteiger partial charge is 0.290 e. The summed E-state index contributed by atoms with van der Waals surface area (Å²) in [5.41, 5.74) is 5.70. The predicted molar refractivity (Wildman–Crippen MR) is 76.3 cm³/mol. The van der Waals surface area contributed by atoms with Gasteiger partial charge in [-0.2, -0.15) is 10.2 Å². The zero-order valence-corrected chi connectivity index (χ0v) is 11.7. The molecule has 0 saturated heterocycles. The topological polar surface area (TPSA) is 103 Å². The molecule has 0 saturated carbocycles. The minimum absolute atomic E-state index is 0.333. The van der Waals surface area contributed by atoms with E-state index in [4.69, 9.17) is 5.84 Å². The van der Waals surface area contributed by atoms with Gasteiger partial charge in [0.15, 0.2) is 5.65 Å². The van der Waals surface area contributed by atoms with Gasteiger partial charge < -0.3 is 0 Å². The predicted octanol–water partition coefficient (Wildman–Crippen LogP) is 0.525. The van der Waals surface area contributed by atoms with Crippen LogP contribution in [0.2, 0.25) is 0 Å².